The van der Waals surface area contributed by atoms with Crippen molar-refractivity contribution in [2.75, 3.05) is 33.4 Å². The fraction of sp³-hybridized carbons (Fsp3) is 0.409. The van der Waals surface area contributed by atoms with Crippen molar-refractivity contribution in [3.05, 3.63) is 47.0 Å². The van der Waals surface area contributed by atoms with E-state index in [1.165, 1.54) is 25.4 Å². The molecule has 5 N–H and O–H groups in total. The number of nitrogens with two attached hydrogens (primary N) is 2. The standard InChI is InChI=1S/C22H29FN6O2/c1-14(30)29-7-5-21(27-17-6-8-31-13-17)19(12-29)22(25)28-16-3-4-18(20(23)9-16)15(10-24)11-26-2/h3-4,9-11,17,27H,5-8,12-13,24H2,1-2H3,(H2,25,28). The number of aliphatic imine (C=N–C) groups is 2. The molecule has 1 saturated heterocycles. The van der Waals surface area contributed by atoms with Crippen molar-refractivity contribution in [3.63, 3.8) is 0 Å². The highest BCUT2D eigenvalue weighted by Gasteiger charge is 2.26. The first-order valence-corrected chi connectivity index (χ1v) is 10.2. The number of ether oxygens (including phenoxy) is 1. The van der Waals surface area contributed by atoms with Crippen LogP contribution in [0.5, 0.6) is 0 Å². The van der Waals surface area contributed by atoms with Gasteiger partial charge in [0.1, 0.15) is 11.7 Å². The molecule has 1 unspecified atom stereocenters. The van der Waals surface area contributed by atoms with E-state index >= 15 is 0 Å². The summed E-state index contributed by atoms with van der Waals surface area (Å²) in [6, 6.07) is 4.77. The normalized spacial score (nSPS) is 20.6. The highest BCUT2D eigenvalue weighted by molar-refractivity contribution is 6.09. The van der Waals surface area contributed by atoms with Crippen LogP contribution in [0.2, 0.25) is 0 Å². The van der Waals surface area contributed by atoms with Gasteiger partial charge in [-0.2, -0.15) is 0 Å². The number of amides is 1. The van der Waals surface area contributed by atoms with Crippen LogP contribution in [0.15, 0.2) is 45.7 Å². The van der Waals surface area contributed by atoms with E-state index in [9.17, 15) is 9.18 Å². The van der Waals surface area contributed by atoms with Crippen molar-refractivity contribution < 1.29 is 13.9 Å². The summed E-state index contributed by atoms with van der Waals surface area (Å²) < 4.78 is 20.1. The van der Waals surface area contributed by atoms with Gasteiger partial charge in [-0.05, 0) is 18.6 Å². The zero-order chi connectivity index (χ0) is 22.4. The average molecular weight is 429 g/mol. The van der Waals surface area contributed by atoms with Crippen molar-refractivity contribution in [2.45, 2.75) is 25.8 Å². The number of nitrogens with zero attached hydrogens (tertiary/aromatic N) is 3. The van der Waals surface area contributed by atoms with Gasteiger partial charge in [-0.1, -0.05) is 0 Å². The van der Waals surface area contributed by atoms with Crippen LogP contribution < -0.4 is 16.8 Å². The minimum absolute atomic E-state index is 0.0253. The highest BCUT2D eigenvalue weighted by atomic mass is 19.1. The number of hydrogen-bond donors (Lipinski definition) is 3. The van der Waals surface area contributed by atoms with Crippen molar-refractivity contribution in [1.29, 1.82) is 0 Å². The van der Waals surface area contributed by atoms with Crippen molar-refractivity contribution in [3.8, 4) is 0 Å². The molecule has 2 heterocycles. The second-order valence-electron chi connectivity index (χ2n) is 7.52. The van der Waals surface area contributed by atoms with Gasteiger partial charge in [-0.3, -0.25) is 9.79 Å². The molecule has 31 heavy (non-hydrogen) atoms. The number of allylic oxidation sites excluding steroid dienone is 1. The van der Waals surface area contributed by atoms with Crippen LogP contribution >= 0.6 is 0 Å². The summed E-state index contributed by atoms with van der Waals surface area (Å²) in [7, 11) is 1.59. The maximum Gasteiger partial charge on any atom is 0.219 e. The molecular weight excluding hydrogens is 399 g/mol. The van der Waals surface area contributed by atoms with Gasteiger partial charge >= 0.3 is 0 Å². The SMILES string of the molecule is CN=CC(=CN)c1ccc(N=C(N)C2=C(NC3CCOC3)CCN(C(C)=O)C2)cc1F. The Bertz CT molecular complexity index is 947. The monoisotopic (exact) mass is 428 g/mol. The molecule has 1 amide bonds. The summed E-state index contributed by atoms with van der Waals surface area (Å²) in [5, 5.41) is 3.50. The Hall–Kier alpha value is -3.20. The van der Waals surface area contributed by atoms with Crippen molar-refractivity contribution >= 4 is 29.2 Å². The van der Waals surface area contributed by atoms with Crippen LogP contribution in [-0.2, 0) is 9.53 Å². The minimum atomic E-state index is -0.477. The second-order valence-corrected chi connectivity index (χ2v) is 7.52. The van der Waals surface area contributed by atoms with Crippen LogP contribution in [0.25, 0.3) is 5.57 Å². The number of nitrogens with one attached hydrogen (secondary N) is 1. The van der Waals surface area contributed by atoms with E-state index in [-0.39, 0.29) is 17.8 Å². The summed E-state index contributed by atoms with van der Waals surface area (Å²) in [5.41, 5.74) is 14.8. The first kappa shape index (κ1) is 22.5. The third-order valence-corrected chi connectivity index (χ3v) is 5.37. The van der Waals surface area contributed by atoms with E-state index < -0.39 is 5.82 Å². The molecule has 0 saturated carbocycles. The third-order valence-electron chi connectivity index (χ3n) is 5.37. The molecule has 166 valence electrons. The third kappa shape index (κ3) is 5.49. The lowest BCUT2D eigenvalue weighted by atomic mass is 10.0. The van der Waals surface area contributed by atoms with Gasteiger partial charge in [0, 0.05) is 74.4 Å². The Labute approximate surface area is 181 Å². The van der Waals surface area contributed by atoms with Crippen LogP contribution in [0.4, 0.5) is 10.1 Å². The fourth-order valence-corrected chi connectivity index (χ4v) is 3.68. The topological polar surface area (TPSA) is 118 Å². The van der Waals surface area contributed by atoms with E-state index in [0.717, 1.165) is 24.3 Å². The lowest BCUT2D eigenvalue weighted by molar-refractivity contribution is -0.128. The quantitative estimate of drug-likeness (QED) is 0.471. The highest BCUT2D eigenvalue weighted by Crippen LogP contribution is 2.24. The zero-order valence-corrected chi connectivity index (χ0v) is 17.9. The van der Waals surface area contributed by atoms with Gasteiger partial charge in [0.15, 0.2) is 0 Å². The van der Waals surface area contributed by atoms with E-state index in [2.05, 4.69) is 15.3 Å². The number of halogens is 1. The van der Waals surface area contributed by atoms with E-state index in [1.807, 2.05) is 0 Å². The first-order chi connectivity index (χ1) is 14.9. The molecular formula is C22H29FN6O2. The zero-order valence-electron chi connectivity index (χ0n) is 17.9. The van der Waals surface area contributed by atoms with Gasteiger partial charge in [-0.25, -0.2) is 9.38 Å². The number of amidine groups is 1. The van der Waals surface area contributed by atoms with Crippen LogP contribution in [0.3, 0.4) is 0 Å². The Morgan fingerprint density at radius 2 is 2.23 bits per heavy atom. The van der Waals surface area contributed by atoms with Gasteiger partial charge in [0.2, 0.25) is 5.91 Å². The Morgan fingerprint density at radius 1 is 1.42 bits per heavy atom. The second kappa shape index (κ2) is 10.2. The molecule has 2 aliphatic heterocycles. The molecule has 0 aliphatic carbocycles. The summed E-state index contributed by atoms with van der Waals surface area (Å²) >= 11 is 0. The molecule has 3 rings (SSSR count). The molecule has 1 atom stereocenters. The lowest BCUT2D eigenvalue weighted by Crippen LogP contribution is -2.43. The Morgan fingerprint density at radius 3 is 2.84 bits per heavy atom. The molecule has 0 bridgehead atoms. The maximum atomic E-state index is 14.7. The Balaban J connectivity index is 1.90. The average Bonchev–Trinajstić information content (AvgIpc) is 3.25. The number of carbonyl (C=O) groups is 1. The molecule has 2 aliphatic rings. The van der Waals surface area contributed by atoms with E-state index in [1.54, 1.807) is 24.1 Å². The molecule has 9 heteroatoms. The predicted octanol–water partition coefficient (Wildman–Crippen LogP) is 1.70. The largest absolute Gasteiger partial charge is 0.404 e. The smallest absolute Gasteiger partial charge is 0.219 e. The van der Waals surface area contributed by atoms with Gasteiger partial charge < -0.3 is 26.4 Å². The number of rotatable bonds is 6. The number of benzene rings is 1. The first-order valence-electron chi connectivity index (χ1n) is 10.2. The molecule has 0 spiro atoms. The van der Waals surface area contributed by atoms with Gasteiger partial charge in [0.05, 0.1) is 24.9 Å². The van der Waals surface area contributed by atoms with Crippen molar-refractivity contribution in [1.82, 2.24) is 10.2 Å². The van der Waals surface area contributed by atoms with Gasteiger partial charge in [0.25, 0.3) is 0 Å². The fourth-order valence-electron chi connectivity index (χ4n) is 3.68. The predicted molar refractivity (Wildman–Crippen MR) is 121 cm³/mol. The van der Waals surface area contributed by atoms with Crippen molar-refractivity contribution in [2.24, 2.45) is 21.5 Å². The minimum Gasteiger partial charge on any atom is -0.404 e. The molecule has 0 aromatic heterocycles. The maximum absolute atomic E-state index is 14.7. The number of hydrogen-bond acceptors (Lipinski definition) is 6. The molecule has 1 aromatic carbocycles. The molecule has 0 radical (unpaired) electrons. The molecule has 8 nitrogen and oxygen atoms in total. The van der Waals surface area contributed by atoms with Crippen LogP contribution in [0, 0.1) is 5.82 Å². The number of carbonyl (C=O) groups excluding carboxylic acids is 1. The van der Waals surface area contributed by atoms with Crippen LogP contribution in [-0.4, -0.2) is 62.3 Å². The van der Waals surface area contributed by atoms with Gasteiger partial charge in [-0.15, -0.1) is 0 Å². The molecule has 1 aromatic rings. The Kier molecular flexibility index (Phi) is 7.41. The molecule has 1 fully saturated rings. The van der Waals surface area contributed by atoms with E-state index in [4.69, 9.17) is 16.2 Å². The summed E-state index contributed by atoms with van der Waals surface area (Å²) in [6.45, 7) is 3.85. The summed E-state index contributed by atoms with van der Waals surface area (Å²) in [5.74, 6) is -0.248. The van der Waals surface area contributed by atoms with Crippen LogP contribution in [0.1, 0.15) is 25.3 Å². The summed E-state index contributed by atoms with van der Waals surface area (Å²) in [6.07, 6.45) is 4.35. The lowest BCUT2D eigenvalue weighted by Gasteiger charge is -2.31. The van der Waals surface area contributed by atoms with E-state index in [0.29, 0.717) is 42.9 Å². The summed E-state index contributed by atoms with van der Waals surface area (Å²) in [4.78, 5) is 22.0.